The number of thiocarbonyl (C=S) groups is 1. The number of aryl methyl sites for hydroxylation is 1. The van der Waals surface area contributed by atoms with E-state index in [9.17, 15) is 4.79 Å². The molecule has 0 unspecified atom stereocenters. The Kier molecular flexibility index (Phi) is 6.36. The number of carbonyl (C=O) groups is 1. The third-order valence-electron chi connectivity index (χ3n) is 4.24. The van der Waals surface area contributed by atoms with E-state index in [1.54, 1.807) is 11.0 Å². The van der Waals surface area contributed by atoms with Crippen molar-refractivity contribution in [3.05, 3.63) is 53.1 Å². The van der Waals surface area contributed by atoms with Gasteiger partial charge in [-0.25, -0.2) is 0 Å². The number of amides is 1. The summed E-state index contributed by atoms with van der Waals surface area (Å²) in [6.07, 6.45) is 2.32. The lowest BCUT2D eigenvalue weighted by Crippen LogP contribution is -2.32. The number of hydrogen-bond donors (Lipinski definition) is 1. The van der Waals surface area contributed by atoms with Crippen molar-refractivity contribution in [2.45, 2.75) is 27.2 Å². The van der Waals surface area contributed by atoms with Crippen molar-refractivity contribution in [2.75, 3.05) is 19.8 Å². The van der Waals surface area contributed by atoms with E-state index in [1.165, 1.54) is 0 Å². The molecule has 3 rings (SSSR count). The zero-order valence-corrected chi connectivity index (χ0v) is 17.1. The van der Waals surface area contributed by atoms with Crippen LogP contribution in [0.1, 0.15) is 30.9 Å². The second-order valence-electron chi connectivity index (χ2n) is 6.29. The van der Waals surface area contributed by atoms with Crippen LogP contribution in [0.25, 0.3) is 6.08 Å². The van der Waals surface area contributed by atoms with Gasteiger partial charge in [-0.3, -0.25) is 9.69 Å². The van der Waals surface area contributed by atoms with E-state index in [1.807, 2.05) is 51.1 Å². The number of ether oxygens (including phenoxy) is 2. The van der Waals surface area contributed by atoms with E-state index < -0.39 is 0 Å². The molecule has 7 heteroatoms. The maximum atomic E-state index is 12.7. The van der Waals surface area contributed by atoms with Gasteiger partial charge in [0.2, 0.25) is 0 Å². The number of furan rings is 1. The summed E-state index contributed by atoms with van der Waals surface area (Å²) in [7, 11) is 0. The Labute approximate surface area is 170 Å². The SMILES string of the molecule is CCOc1ccc(CCN2C(=O)/C(=C\c3ccc(C)o3)NC2=S)cc1OCC. The molecule has 28 heavy (non-hydrogen) atoms. The van der Waals surface area contributed by atoms with Crippen LogP contribution in [0.5, 0.6) is 11.5 Å². The van der Waals surface area contributed by atoms with Crippen LogP contribution in [0.15, 0.2) is 40.4 Å². The molecule has 0 saturated carbocycles. The predicted octanol–water partition coefficient (Wildman–Crippen LogP) is 3.69. The Morgan fingerprint density at radius 3 is 2.57 bits per heavy atom. The average Bonchev–Trinajstić information content (AvgIpc) is 3.19. The lowest BCUT2D eigenvalue weighted by atomic mass is 10.1. The maximum absolute atomic E-state index is 12.7. The summed E-state index contributed by atoms with van der Waals surface area (Å²) in [5.74, 6) is 2.68. The van der Waals surface area contributed by atoms with E-state index in [0.29, 0.717) is 48.5 Å². The van der Waals surface area contributed by atoms with Gasteiger partial charge in [0.15, 0.2) is 16.6 Å². The van der Waals surface area contributed by atoms with Crippen LogP contribution in [0, 0.1) is 6.92 Å². The predicted molar refractivity (Wildman–Crippen MR) is 111 cm³/mol. The van der Waals surface area contributed by atoms with Crippen molar-refractivity contribution in [1.29, 1.82) is 0 Å². The largest absolute Gasteiger partial charge is 0.490 e. The van der Waals surface area contributed by atoms with Gasteiger partial charge in [0.1, 0.15) is 17.2 Å². The molecule has 1 amide bonds. The summed E-state index contributed by atoms with van der Waals surface area (Å²) in [4.78, 5) is 14.2. The third-order valence-corrected chi connectivity index (χ3v) is 4.56. The van der Waals surface area contributed by atoms with Crippen LogP contribution in [-0.4, -0.2) is 35.7 Å². The van der Waals surface area contributed by atoms with Crippen LogP contribution in [0.3, 0.4) is 0 Å². The lowest BCUT2D eigenvalue weighted by molar-refractivity contribution is -0.122. The van der Waals surface area contributed by atoms with E-state index in [2.05, 4.69) is 5.32 Å². The van der Waals surface area contributed by atoms with Crippen LogP contribution < -0.4 is 14.8 Å². The van der Waals surface area contributed by atoms with Gasteiger partial charge in [-0.05, 0) is 69.2 Å². The highest BCUT2D eigenvalue weighted by Crippen LogP contribution is 2.29. The van der Waals surface area contributed by atoms with Gasteiger partial charge >= 0.3 is 0 Å². The zero-order valence-electron chi connectivity index (χ0n) is 16.3. The molecule has 1 aliphatic heterocycles. The smallest absolute Gasteiger partial charge is 0.276 e. The Morgan fingerprint density at radius 1 is 1.14 bits per heavy atom. The summed E-state index contributed by atoms with van der Waals surface area (Å²) in [6, 6.07) is 9.50. The fourth-order valence-electron chi connectivity index (χ4n) is 2.94. The summed E-state index contributed by atoms with van der Waals surface area (Å²) in [5.41, 5.74) is 1.46. The van der Waals surface area contributed by atoms with Crippen molar-refractivity contribution >= 4 is 29.3 Å². The monoisotopic (exact) mass is 400 g/mol. The van der Waals surface area contributed by atoms with Crippen LogP contribution >= 0.6 is 12.2 Å². The molecule has 1 fully saturated rings. The summed E-state index contributed by atoms with van der Waals surface area (Å²) < 4.78 is 16.8. The number of nitrogens with zero attached hydrogens (tertiary/aromatic N) is 1. The Hall–Kier alpha value is -2.80. The molecule has 1 aromatic heterocycles. The van der Waals surface area contributed by atoms with E-state index in [0.717, 1.165) is 17.1 Å². The summed E-state index contributed by atoms with van der Waals surface area (Å²) >= 11 is 5.33. The number of nitrogens with one attached hydrogen (secondary N) is 1. The van der Waals surface area contributed by atoms with Gasteiger partial charge < -0.3 is 19.2 Å². The third kappa shape index (κ3) is 4.54. The minimum absolute atomic E-state index is 0.157. The second-order valence-corrected chi connectivity index (χ2v) is 6.68. The molecule has 0 spiro atoms. The zero-order chi connectivity index (χ0) is 20.1. The highest BCUT2D eigenvalue weighted by molar-refractivity contribution is 7.80. The molecule has 1 aliphatic rings. The molecule has 0 atom stereocenters. The lowest BCUT2D eigenvalue weighted by Gasteiger charge is -2.15. The molecule has 0 aliphatic carbocycles. The standard InChI is InChI=1S/C21H24N2O4S/c1-4-25-18-9-7-15(12-19(18)26-5-2)10-11-23-20(24)17(22-21(23)28)13-16-8-6-14(3)27-16/h6-9,12-13H,4-5,10-11H2,1-3H3,(H,22,28)/b17-13+. The number of rotatable bonds is 8. The van der Waals surface area contributed by atoms with E-state index in [-0.39, 0.29) is 5.91 Å². The summed E-state index contributed by atoms with van der Waals surface area (Å²) in [6.45, 7) is 7.33. The first-order valence-corrected chi connectivity index (χ1v) is 9.72. The van der Waals surface area contributed by atoms with Gasteiger partial charge in [0.05, 0.1) is 13.2 Å². The quantitative estimate of drug-likeness (QED) is 0.539. The molecular formula is C21H24N2O4S. The molecule has 1 aromatic carbocycles. The molecule has 1 saturated heterocycles. The molecule has 6 nitrogen and oxygen atoms in total. The first kappa shape index (κ1) is 19.9. The number of carbonyl (C=O) groups excluding carboxylic acids is 1. The van der Waals surface area contributed by atoms with E-state index >= 15 is 0 Å². The van der Waals surface area contributed by atoms with Crippen LogP contribution in [-0.2, 0) is 11.2 Å². The first-order valence-electron chi connectivity index (χ1n) is 9.31. The van der Waals surface area contributed by atoms with Crippen LogP contribution in [0.4, 0.5) is 0 Å². The number of benzene rings is 1. The maximum Gasteiger partial charge on any atom is 0.276 e. The Morgan fingerprint density at radius 2 is 1.89 bits per heavy atom. The number of hydrogen-bond acceptors (Lipinski definition) is 5. The van der Waals surface area contributed by atoms with Gasteiger partial charge in [-0.1, -0.05) is 6.07 Å². The molecule has 148 valence electrons. The topological polar surface area (TPSA) is 63.9 Å². The fraction of sp³-hybridized carbons (Fsp3) is 0.333. The molecule has 2 heterocycles. The van der Waals surface area contributed by atoms with Gasteiger partial charge in [-0.15, -0.1) is 0 Å². The first-order chi connectivity index (χ1) is 13.5. The Balaban J connectivity index is 1.68. The summed E-state index contributed by atoms with van der Waals surface area (Å²) in [5, 5.41) is 3.37. The Bertz CT molecular complexity index is 904. The average molecular weight is 401 g/mol. The second kappa shape index (κ2) is 8.93. The van der Waals surface area contributed by atoms with Crippen molar-refractivity contribution in [3.8, 4) is 11.5 Å². The minimum Gasteiger partial charge on any atom is -0.490 e. The van der Waals surface area contributed by atoms with Gasteiger partial charge in [-0.2, -0.15) is 0 Å². The van der Waals surface area contributed by atoms with Gasteiger partial charge in [0, 0.05) is 12.6 Å². The highest BCUT2D eigenvalue weighted by atomic mass is 32.1. The molecule has 0 radical (unpaired) electrons. The molecule has 0 bridgehead atoms. The van der Waals surface area contributed by atoms with Crippen molar-refractivity contribution in [1.82, 2.24) is 10.2 Å². The molecule has 2 aromatic rings. The van der Waals surface area contributed by atoms with E-state index in [4.69, 9.17) is 26.1 Å². The van der Waals surface area contributed by atoms with Crippen molar-refractivity contribution in [2.24, 2.45) is 0 Å². The molecule has 1 N–H and O–H groups in total. The normalized spacial score (nSPS) is 15.2. The van der Waals surface area contributed by atoms with Gasteiger partial charge in [0.25, 0.3) is 5.91 Å². The van der Waals surface area contributed by atoms with Crippen molar-refractivity contribution in [3.63, 3.8) is 0 Å². The minimum atomic E-state index is -0.157. The van der Waals surface area contributed by atoms with Crippen LogP contribution in [0.2, 0.25) is 0 Å². The fourth-order valence-corrected chi connectivity index (χ4v) is 3.22. The van der Waals surface area contributed by atoms with Crippen molar-refractivity contribution < 1.29 is 18.7 Å². The molecular weight excluding hydrogens is 376 g/mol. The highest BCUT2D eigenvalue weighted by Gasteiger charge is 2.30.